The number of rotatable bonds is 5. The molecule has 3 amide bonds. The summed E-state index contributed by atoms with van der Waals surface area (Å²) in [5.41, 5.74) is -0.208. The minimum absolute atomic E-state index is 0.154. The van der Waals surface area contributed by atoms with E-state index in [0.29, 0.717) is 4.90 Å². The zero-order valence-corrected chi connectivity index (χ0v) is 17.2. The van der Waals surface area contributed by atoms with E-state index in [-0.39, 0.29) is 13.0 Å². The van der Waals surface area contributed by atoms with Crippen molar-refractivity contribution in [2.24, 2.45) is 5.92 Å². The average molecular weight is 430 g/mol. The van der Waals surface area contributed by atoms with Crippen molar-refractivity contribution in [3.05, 3.63) is 35.9 Å². The summed E-state index contributed by atoms with van der Waals surface area (Å²) in [5, 5.41) is 1.98. The summed E-state index contributed by atoms with van der Waals surface area (Å²) in [5.74, 6) is -3.46. The van der Waals surface area contributed by atoms with Crippen LogP contribution >= 0.6 is 0 Å². The maximum Gasteiger partial charge on any atom is 0.417 e. The number of imide groups is 1. The SMILES string of the molecule is C[C@H]([C@H](NC(=O)OC(C)(C)C)C(=O)N1C(=O)OC[C@@H]1Cc1ccccc1)C(F)(F)F. The molecule has 0 bridgehead atoms. The van der Waals surface area contributed by atoms with Crippen molar-refractivity contribution in [3.63, 3.8) is 0 Å². The second-order valence-corrected chi connectivity index (χ2v) is 8.08. The molecule has 0 unspecified atom stereocenters. The van der Waals surface area contributed by atoms with Crippen molar-refractivity contribution in [1.82, 2.24) is 10.2 Å². The number of nitrogens with zero attached hydrogens (tertiary/aromatic N) is 1. The first-order chi connectivity index (χ1) is 13.8. The lowest BCUT2D eigenvalue weighted by molar-refractivity contribution is -0.182. The maximum absolute atomic E-state index is 13.4. The summed E-state index contributed by atoms with van der Waals surface area (Å²) in [6.07, 6.45) is -6.83. The van der Waals surface area contributed by atoms with Crippen LogP contribution in [0.5, 0.6) is 0 Å². The van der Waals surface area contributed by atoms with E-state index in [0.717, 1.165) is 12.5 Å². The van der Waals surface area contributed by atoms with E-state index in [4.69, 9.17) is 9.47 Å². The molecule has 1 aliphatic heterocycles. The number of amides is 3. The molecule has 1 aromatic rings. The number of hydrogen-bond donors (Lipinski definition) is 1. The van der Waals surface area contributed by atoms with Gasteiger partial charge in [0.1, 0.15) is 18.2 Å². The first-order valence-corrected chi connectivity index (χ1v) is 9.39. The first kappa shape index (κ1) is 23.5. The molecule has 3 atom stereocenters. The minimum atomic E-state index is -4.80. The Labute approximate surface area is 172 Å². The molecule has 10 heteroatoms. The molecule has 0 saturated carbocycles. The number of carbonyl (C=O) groups excluding carboxylic acids is 3. The summed E-state index contributed by atoms with van der Waals surface area (Å²) in [4.78, 5) is 37.9. The van der Waals surface area contributed by atoms with Crippen molar-refractivity contribution in [3.8, 4) is 0 Å². The highest BCUT2D eigenvalue weighted by atomic mass is 19.4. The molecule has 1 fully saturated rings. The Hall–Kier alpha value is -2.78. The molecule has 1 N–H and O–H groups in total. The smallest absolute Gasteiger partial charge is 0.417 e. The number of carbonyl (C=O) groups is 3. The predicted molar refractivity (Wildman–Crippen MR) is 101 cm³/mol. The van der Waals surface area contributed by atoms with Crippen molar-refractivity contribution < 1.29 is 37.0 Å². The molecule has 1 aliphatic rings. The normalized spacial score (nSPS) is 19.1. The van der Waals surface area contributed by atoms with Crippen LogP contribution in [0.2, 0.25) is 0 Å². The highest BCUT2D eigenvalue weighted by molar-refractivity contribution is 5.98. The second-order valence-electron chi connectivity index (χ2n) is 8.08. The molecular formula is C20H25F3N2O5. The quantitative estimate of drug-likeness (QED) is 0.771. The highest BCUT2D eigenvalue weighted by Gasteiger charge is 2.50. The third kappa shape index (κ3) is 6.11. The monoisotopic (exact) mass is 430 g/mol. The van der Waals surface area contributed by atoms with Gasteiger partial charge in [-0.1, -0.05) is 37.3 Å². The van der Waals surface area contributed by atoms with Gasteiger partial charge >= 0.3 is 18.4 Å². The van der Waals surface area contributed by atoms with E-state index < -0.39 is 47.9 Å². The molecule has 0 aromatic heterocycles. The molecule has 1 aromatic carbocycles. The second kappa shape index (κ2) is 8.93. The predicted octanol–water partition coefficient (Wildman–Crippen LogP) is 3.67. The molecule has 0 radical (unpaired) electrons. The van der Waals surface area contributed by atoms with Crippen LogP contribution in [0.25, 0.3) is 0 Å². The number of benzene rings is 1. The van der Waals surface area contributed by atoms with Crippen LogP contribution in [0.4, 0.5) is 22.8 Å². The van der Waals surface area contributed by atoms with Crippen molar-refractivity contribution >= 4 is 18.1 Å². The summed E-state index contributed by atoms with van der Waals surface area (Å²) in [6.45, 7) is 5.20. The minimum Gasteiger partial charge on any atom is -0.447 e. The number of ether oxygens (including phenoxy) is 2. The van der Waals surface area contributed by atoms with Gasteiger partial charge in [0, 0.05) is 0 Å². The largest absolute Gasteiger partial charge is 0.447 e. The molecule has 0 spiro atoms. The molecule has 30 heavy (non-hydrogen) atoms. The Morgan fingerprint density at radius 1 is 1.23 bits per heavy atom. The van der Waals surface area contributed by atoms with E-state index >= 15 is 0 Å². The number of halogens is 3. The summed E-state index contributed by atoms with van der Waals surface area (Å²) in [7, 11) is 0. The standard InChI is InChI=1S/C20H25F3N2O5/c1-12(20(21,22)23)15(24-17(27)30-19(2,3)4)16(26)25-14(11-29-18(25)28)10-13-8-6-5-7-9-13/h5-9,12,14-15H,10-11H2,1-4H3,(H,24,27)/t12-,14+,15+/m1/s1. The molecule has 0 aliphatic carbocycles. The number of hydrogen-bond acceptors (Lipinski definition) is 5. The Bertz CT molecular complexity index is 777. The highest BCUT2D eigenvalue weighted by Crippen LogP contribution is 2.31. The van der Waals surface area contributed by atoms with Crippen molar-refractivity contribution in [2.45, 2.75) is 58.0 Å². The van der Waals surface area contributed by atoms with Gasteiger partial charge in [0.2, 0.25) is 0 Å². The van der Waals surface area contributed by atoms with Gasteiger partial charge in [-0.25, -0.2) is 14.5 Å². The summed E-state index contributed by atoms with van der Waals surface area (Å²) in [6, 6.07) is 5.99. The van der Waals surface area contributed by atoms with Gasteiger partial charge in [0.15, 0.2) is 0 Å². The van der Waals surface area contributed by atoms with Gasteiger partial charge in [-0.15, -0.1) is 0 Å². The van der Waals surface area contributed by atoms with E-state index in [1.807, 2.05) is 5.32 Å². The number of alkyl carbamates (subject to hydrolysis) is 1. The molecule has 1 saturated heterocycles. The van der Waals surface area contributed by atoms with Crippen LogP contribution in [0.15, 0.2) is 30.3 Å². The van der Waals surface area contributed by atoms with E-state index in [2.05, 4.69) is 0 Å². The third-order valence-electron chi connectivity index (χ3n) is 4.47. The van der Waals surface area contributed by atoms with Gasteiger partial charge < -0.3 is 14.8 Å². The number of cyclic esters (lactones) is 1. The number of nitrogens with one attached hydrogen (secondary N) is 1. The van der Waals surface area contributed by atoms with Crippen LogP contribution in [-0.4, -0.2) is 53.5 Å². The van der Waals surface area contributed by atoms with Gasteiger partial charge in [0.05, 0.1) is 12.0 Å². The summed E-state index contributed by atoms with van der Waals surface area (Å²) >= 11 is 0. The summed E-state index contributed by atoms with van der Waals surface area (Å²) < 4.78 is 50.1. The van der Waals surface area contributed by atoms with E-state index in [1.54, 1.807) is 30.3 Å². The van der Waals surface area contributed by atoms with Crippen LogP contribution in [-0.2, 0) is 20.7 Å². The fourth-order valence-electron chi connectivity index (χ4n) is 2.94. The topological polar surface area (TPSA) is 84.9 Å². The van der Waals surface area contributed by atoms with Gasteiger partial charge in [-0.2, -0.15) is 13.2 Å². The maximum atomic E-state index is 13.4. The zero-order chi connectivity index (χ0) is 22.7. The van der Waals surface area contributed by atoms with Crippen LogP contribution in [0.1, 0.15) is 33.3 Å². The van der Waals surface area contributed by atoms with Gasteiger partial charge in [0.25, 0.3) is 5.91 Å². The van der Waals surface area contributed by atoms with Crippen LogP contribution in [0.3, 0.4) is 0 Å². The van der Waals surface area contributed by atoms with Crippen molar-refractivity contribution in [2.75, 3.05) is 6.61 Å². The molecule has 166 valence electrons. The molecule has 1 heterocycles. The molecule has 7 nitrogen and oxygen atoms in total. The third-order valence-corrected chi connectivity index (χ3v) is 4.47. The number of alkyl halides is 3. The Morgan fingerprint density at radius 3 is 2.37 bits per heavy atom. The Kier molecular flexibility index (Phi) is 6.99. The lowest BCUT2D eigenvalue weighted by Gasteiger charge is -2.31. The fourth-order valence-corrected chi connectivity index (χ4v) is 2.94. The van der Waals surface area contributed by atoms with E-state index in [9.17, 15) is 27.6 Å². The van der Waals surface area contributed by atoms with E-state index in [1.165, 1.54) is 20.8 Å². The van der Waals surface area contributed by atoms with Gasteiger partial charge in [-0.05, 0) is 32.8 Å². The van der Waals surface area contributed by atoms with Crippen LogP contribution in [0, 0.1) is 5.92 Å². The molecule has 2 rings (SSSR count). The van der Waals surface area contributed by atoms with Crippen molar-refractivity contribution in [1.29, 1.82) is 0 Å². The lowest BCUT2D eigenvalue weighted by Crippen LogP contribution is -2.57. The van der Waals surface area contributed by atoms with Gasteiger partial charge in [-0.3, -0.25) is 4.79 Å². The average Bonchev–Trinajstić information content (AvgIpc) is 2.97. The Morgan fingerprint density at radius 2 is 1.83 bits per heavy atom. The molecular weight excluding hydrogens is 405 g/mol. The first-order valence-electron chi connectivity index (χ1n) is 9.39. The Balaban J connectivity index is 2.27. The fraction of sp³-hybridized carbons (Fsp3) is 0.550. The zero-order valence-electron chi connectivity index (χ0n) is 17.2. The van der Waals surface area contributed by atoms with Crippen LogP contribution < -0.4 is 5.32 Å². The lowest BCUT2D eigenvalue weighted by atomic mass is 9.98.